The lowest BCUT2D eigenvalue weighted by Gasteiger charge is -2.22. The highest BCUT2D eigenvalue weighted by atomic mass is 32.2. The quantitative estimate of drug-likeness (QED) is 0.700. The van der Waals surface area contributed by atoms with E-state index in [1.807, 2.05) is 0 Å². The Labute approximate surface area is 171 Å². The molecule has 0 aliphatic carbocycles. The molecule has 1 aromatic carbocycles. The molecule has 2 atom stereocenters. The van der Waals surface area contributed by atoms with E-state index in [0.717, 1.165) is 31.4 Å². The van der Waals surface area contributed by atoms with Crippen LogP contribution in [0, 0.1) is 6.92 Å². The van der Waals surface area contributed by atoms with Crippen molar-refractivity contribution in [1.29, 1.82) is 0 Å². The van der Waals surface area contributed by atoms with Crippen LogP contribution in [-0.4, -0.2) is 55.8 Å². The summed E-state index contributed by atoms with van der Waals surface area (Å²) in [4.78, 5) is 18.6. The van der Waals surface area contributed by atoms with Crippen LogP contribution in [-0.2, 0) is 9.84 Å². The first kappa shape index (κ1) is 22.1. The lowest BCUT2D eigenvalue weighted by atomic mass is 10.1. The van der Waals surface area contributed by atoms with E-state index in [9.17, 15) is 26.4 Å². The van der Waals surface area contributed by atoms with Crippen LogP contribution in [0.25, 0.3) is 0 Å². The number of carbonyl (C=O) groups is 1. The largest absolute Gasteiger partial charge is 0.480 e. The lowest BCUT2D eigenvalue weighted by Crippen LogP contribution is -2.33. The van der Waals surface area contributed by atoms with E-state index in [4.69, 9.17) is 9.15 Å². The van der Waals surface area contributed by atoms with Gasteiger partial charge in [-0.05, 0) is 31.5 Å². The predicted octanol–water partition coefficient (Wildman–Crippen LogP) is 3.35. The monoisotopic (exact) mass is 446 g/mol. The molecule has 30 heavy (non-hydrogen) atoms. The molecule has 0 spiro atoms. The molecule has 0 bridgehead atoms. The molecule has 0 saturated carbocycles. The number of rotatable bonds is 5. The molecular formula is C19H21F3N2O5S. The van der Waals surface area contributed by atoms with Crippen molar-refractivity contribution in [3.8, 4) is 5.75 Å². The summed E-state index contributed by atoms with van der Waals surface area (Å²) in [5.41, 5.74) is 0.459. The number of nitrogens with zero attached hydrogens (tertiary/aromatic N) is 2. The van der Waals surface area contributed by atoms with Crippen LogP contribution in [0.3, 0.4) is 0 Å². The number of hydrogen-bond acceptors (Lipinski definition) is 6. The van der Waals surface area contributed by atoms with Gasteiger partial charge in [-0.1, -0.05) is 0 Å². The molecule has 1 unspecified atom stereocenters. The van der Waals surface area contributed by atoms with Gasteiger partial charge in [-0.3, -0.25) is 4.79 Å². The fraction of sp³-hybridized carbons (Fsp3) is 0.474. The number of halogens is 3. The van der Waals surface area contributed by atoms with E-state index in [0.29, 0.717) is 24.6 Å². The molecule has 2 heterocycles. The van der Waals surface area contributed by atoms with Crippen molar-refractivity contribution in [2.45, 2.75) is 43.4 Å². The average Bonchev–Trinajstić information content (AvgIpc) is 3.28. The summed E-state index contributed by atoms with van der Waals surface area (Å²) in [7, 11) is -3.68. The Bertz CT molecular complexity index is 1050. The predicted molar refractivity (Wildman–Crippen MR) is 100 cm³/mol. The van der Waals surface area contributed by atoms with Gasteiger partial charge in [-0.15, -0.1) is 0 Å². The SMILES string of the molecule is Cc1nc(C2CCN(C(=O)c3cc(S(C)(=O)=O)ccc3O[C@@H](C)C(F)(F)F)C2)co1. The number of aryl methyl sites for hydroxylation is 1. The molecule has 1 aliphatic heterocycles. The Morgan fingerprint density at radius 2 is 2.07 bits per heavy atom. The minimum absolute atomic E-state index is 0.0806. The lowest BCUT2D eigenvalue weighted by molar-refractivity contribution is -0.189. The van der Waals surface area contributed by atoms with Crippen molar-refractivity contribution < 1.29 is 35.5 Å². The van der Waals surface area contributed by atoms with Gasteiger partial charge in [-0.25, -0.2) is 13.4 Å². The maximum atomic E-state index is 13.1. The van der Waals surface area contributed by atoms with Crippen LogP contribution in [0.4, 0.5) is 13.2 Å². The molecule has 7 nitrogen and oxygen atoms in total. The summed E-state index contributed by atoms with van der Waals surface area (Å²) >= 11 is 0. The highest BCUT2D eigenvalue weighted by molar-refractivity contribution is 7.90. The van der Waals surface area contributed by atoms with E-state index in [1.54, 1.807) is 6.92 Å². The second kappa shape index (κ2) is 7.93. The number of aromatic nitrogens is 1. The summed E-state index contributed by atoms with van der Waals surface area (Å²) in [6.07, 6.45) is -3.75. The average molecular weight is 446 g/mol. The number of oxazole rings is 1. The van der Waals surface area contributed by atoms with E-state index in [2.05, 4.69) is 4.98 Å². The molecule has 164 valence electrons. The van der Waals surface area contributed by atoms with Crippen LogP contribution in [0.1, 0.15) is 41.2 Å². The smallest absolute Gasteiger partial charge is 0.425 e. The molecule has 0 N–H and O–H groups in total. The van der Waals surface area contributed by atoms with Gasteiger partial charge in [0.2, 0.25) is 0 Å². The first-order valence-corrected chi connectivity index (χ1v) is 11.0. The van der Waals surface area contributed by atoms with Gasteiger partial charge in [0.25, 0.3) is 5.91 Å². The van der Waals surface area contributed by atoms with Gasteiger partial charge in [0, 0.05) is 32.2 Å². The molecule has 1 amide bonds. The zero-order valence-electron chi connectivity index (χ0n) is 16.6. The molecule has 3 rings (SSSR count). The molecule has 1 fully saturated rings. The molecule has 1 aromatic heterocycles. The number of alkyl halides is 3. The highest BCUT2D eigenvalue weighted by Crippen LogP contribution is 2.32. The summed E-state index contributed by atoms with van der Waals surface area (Å²) in [6.45, 7) is 3.13. The third-order valence-electron chi connectivity index (χ3n) is 4.90. The van der Waals surface area contributed by atoms with E-state index < -0.39 is 28.0 Å². The Balaban J connectivity index is 1.90. The fourth-order valence-electron chi connectivity index (χ4n) is 3.19. The summed E-state index contributed by atoms with van der Waals surface area (Å²) in [5.74, 6) is -0.513. The van der Waals surface area contributed by atoms with Gasteiger partial charge in [0.05, 0.1) is 16.2 Å². The number of carbonyl (C=O) groups excluding carboxylic acids is 1. The molecule has 2 aromatic rings. The second-order valence-electron chi connectivity index (χ2n) is 7.26. The van der Waals surface area contributed by atoms with Crippen molar-refractivity contribution in [2.24, 2.45) is 0 Å². The summed E-state index contributed by atoms with van der Waals surface area (Å²) in [5, 5.41) is 0. The van der Waals surface area contributed by atoms with E-state index in [1.165, 1.54) is 11.2 Å². The molecular weight excluding hydrogens is 425 g/mol. The third-order valence-corrected chi connectivity index (χ3v) is 6.02. The second-order valence-corrected chi connectivity index (χ2v) is 9.28. The maximum absolute atomic E-state index is 13.1. The van der Waals surface area contributed by atoms with Crippen LogP contribution < -0.4 is 4.74 Å². The Kier molecular flexibility index (Phi) is 5.85. The Morgan fingerprint density at radius 1 is 1.37 bits per heavy atom. The Hall–Kier alpha value is -2.56. The third kappa shape index (κ3) is 4.77. The van der Waals surface area contributed by atoms with Crippen LogP contribution in [0.15, 0.2) is 33.8 Å². The van der Waals surface area contributed by atoms with Crippen molar-refractivity contribution >= 4 is 15.7 Å². The van der Waals surface area contributed by atoms with Crippen LogP contribution >= 0.6 is 0 Å². The first-order valence-electron chi connectivity index (χ1n) is 9.15. The van der Waals surface area contributed by atoms with Gasteiger partial charge in [0.1, 0.15) is 12.0 Å². The number of amides is 1. The summed E-state index contributed by atoms with van der Waals surface area (Å²) < 4.78 is 72.8. The number of ether oxygens (including phenoxy) is 1. The minimum Gasteiger partial charge on any atom is -0.480 e. The van der Waals surface area contributed by atoms with Crippen molar-refractivity contribution in [2.75, 3.05) is 19.3 Å². The maximum Gasteiger partial charge on any atom is 0.425 e. The molecule has 1 aliphatic rings. The normalized spacial score (nSPS) is 18.5. The number of benzene rings is 1. The van der Waals surface area contributed by atoms with Crippen LogP contribution in [0.5, 0.6) is 5.75 Å². The molecule has 11 heteroatoms. The zero-order valence-corrected chi connectivity index (χ0v) is 17.4. The standard InChI is InChI=1S/C19H21F3N2O5S/c1-11(19(20,21)22)29-17-5-4-14(30(3,26)27)8-15(17)18(25)24-7-6-13(9-24)16-10-28-12(2)23-16/h4-5,8,10-11,13H,6-7,9H2,1-3H3/t11-,13?/m0/s1. The first-order chi connectivity index (χ1) is 13.9. The van der Waals surface area contributed by atoms with Crippen molar-refractivity contribution in [3.05, 3.63) is 41.6 Å². The summed E-state index contributed by atoms with van der Waals surface area (Å²) in [6, 6.07) is 3.26. The van der Waals surface area contributed by atoms with E-state index in [-0.39, 0.29) is 28.7 Å². The fourth-order valence-corrected chi connectivity index (χ4v) is 3.84. The van der Waals surface area contributed by atoms with Gasteiger partial charge < -0.3 is 14.1 Å². The number of sulfone groups is 1. The topological polar surface area (TPSA) is 89.7 Å². The van der Waals surface area contributed by atoms with Crippen molar-refractivity contribution in [3.63, 3.8) is 0 Å². The van der Waals surface area contributed by atoms with Gasteiger partial charge in [0.15, 0.2) is 21.8 Å². The minimum atomic E-state index is -4.64. The van der Waals surface area contributed by atoms with Crippen molar-refractivity contribution in [1.82, 2.24) is 9.88 Å². The van der Waals surface area contributed by atoms with Gasteiger partial charge in [-0.2, -0.15) is 13.2 Å². The number of likely N-dealkylation sites (tertiary alicyclic amines) is 1. The number of hydrogen-bond donors (Lipinski definition) is 0. The highest BCUT2D eigenvalue weighted by Gasteiger charge is 2.39. The zero-order chi connectivity index (χ0) is 22.3. The van der Waals surface area contributed by atoms with Crippen LogP contribution in [0.2, 0.25) is 0 Å². The molecule has 1 saturated heterocycles. The Morgan fingerprint density at radius 3 is 2.63 bits per heavy atom. The van der Waals surface area contributed by atoms with E-state index >= 15 is 0 Å². The molecule has 0 radical (unpaired) electrons. The van der Waals surface area contributed by atoms with Gasteiger partial charge >= 0.3 is 6.18 Å².